The number of aliphatic hydroxyl groups is 1. The number of carbonyl (C=O) groups is 3. The van der Waals surface area contributed by atoms with Gasteiger partial charge in [-0.05, 0) is 52.4 Å². The van der Waals surface area contributed by atoms with Gasteiger partial charge in [-0.15, -0.1) is 6.58 Å². The van der Waals surface area contributed by atoms with E-state index in [-0.39, 0.29) is 30.4 Å². The predicted octanol–water partition coefficient (Wildman–Crippen LogP) is 2.53. The van der Waals surface area contributed by atoms with Crippen molar-refractivity contribution < 1.29 is 29.0 Å². The van der Waals surface area contributed by atoms with Crippen molar-refractivity contribution in [2.75, 3.05) is 19.8 Å². The summed E-state index contributed by atoms with van der Waals surface area (Å²) in [5, 5.41) is 9.99. The zero-order valence-electron chi connectivity index (χ0n) is 21.8. The van der Waals surface area contributed by atoms with Gasteiger partial charge in [-0.1, -0.05) is 26.8 Å². The Morgan fingerprint density at radius 2 is 2.00 bits per heavy atom. The van der Waals surface area contributed by atoms with Crippen LogP contribution in [-0.4, -0.2) is 81.8 Å². The summed E-state index contributed by atoms with van der Waals surface area (Å²) in [6, 6.07) is -1.51. The molecule has 34 heavy (non-hydrogen) atoms. The average Bonchev–Trinajstić information content (AvgIpc) is 3.36. The minimum atomic E-state index is -1.10. The number of ether oxygens (including phenoxy) is 2. The molecule has 0 saturated carbocycles. The van der Waals surface area contributed by atoms with Crippen LogP contribution in [0.15, 0.2) is 12.7 Å². The number of rotatable bonds is 9. The molecule has 1 spiro atoms. The van der Waals surface area contributed by atoms with Crippen LogP contribution in [-0.2, 0) is 23.9 Å². The van der Waals surface area contributed by atoms with E-state index in [1.165, 1.54) is 4.90 Å². The highest BCUT2D eigenvalue weighted by Gasteiger charge is 2.75. The molecule has 2 unspecified atom stereocenters. The number of hydrogen-bond acceptors (Lipinski definition) is 6. The molecule has 3 saturated heterocycles. The van der Waals surface area contributed by atoms with E-state index in [4.69, 9.17) is 9.47 Å². The number of esters is 1. The summed E-state index contributed by atoms with van der Waals surface area (Å²) >= 11 is 0. The van der Waals surface area contributed by atoms with Gasteiger partial charge in [-0.2, -0.15) is 0 Å². The Balaban J connectivity index is 2.08. The van der Waals surface area contributed by atoms with E-state index in [9.17, 15) is 19.5 Å². The van der Waals surface area contributed by atoms with Gasteiger partial charge in [-0.3, -0.25) is 14.4 Å². The van der Waals surface area contributed by atoms with Crippen LogP contribution in [0.25, 0.3) is 0 Å². The summed E-state index contributed by atoms with van der Waals surface area (Å²) < 4.78 is 11.7. The van der Waals surface area contributed by atoms with Crippen molar-refractivity contribution >= 4 is 17.8 Å². The summed E-state index contributed by atoms with van der Waals surface area (Å²) in [7, 11) is 0. The third-order valence-electron chi connectivity index (χ3n) is 7.54. The molecule has 0 aliphatic carbocycles. The van der Waals surface area contributed by atoms with Gasteiger partial charge >= 0.3 is 5.97 Å². The molecule has 0 aromatic rings. The van der Waals surface area contributed by atoms with Gasteiger partial charge in [0.2, 0.25) is 11.8 Å². The molecule has 0 radical (unpaired) electrons. The molecule has 6 atom stereocenters. The van der Waals surface area contributed by atoms with E-state index in [1.807, 2.05) is 13.8 Å². The first-order chi connectivity index (χ1) is 15.8. The lowest BCUT2D eigenvalue weighted by Gasteiger charge is -2.46. The Hall–Kier alpha value is -1.93. The number of likely N-dealkylation sites (tertiary alicyclic amines) is 1. The van der Waals surface area contributed by atoms with Crippen LogP contribution < -0.4 is 0 Å². The first-order valence-electron chi connectivity index (χ1n) is 12.5. The Kier molecular flexibility index (Phi) is 7.27. The first-order valence-corrected chi connectivity index (χ1v) is 12.5. The topological polar surface area (TPSA) is 96.4 Å². The average molecular weight is 479 g/mol. The van der Waals surface area contributed by atoms with Crippen molar-refractivity contribution in [3.8, 4) is 0 Å². The lowest BCUT2D eigenvalue weighted by atomic mass is 9.70. The molecule has 2 amide bonds. The Morgan fingerprint density at radius 3 is 2.53 bits per heavy atom. The molecular weight excluding hydrogens is 436 g/mol. The van der Waals surface area contributed by atoms with Crippen LogP contribution >= 0.6 is 0 Å². The molecule has 0 aromatic carbocycles. The van der Waals surface area contributed by atoms with E-state index in [0.29, 0.717) is 19.4 Å². The highest BCUT2D eigenvalue weighted by atomic mass is 16.6. The van der Waals surface area contributed by atoms with E-state index in [0.717, 1.165) is 6.42 Å². The van der Waals surface area contributed by atoms with Crippen LogP contribution in [0.5, 0.6) is 0 Å². The maximum atomic E-state index is 14.4. The molecule has 8 nitrogen and oxygen atoms in total. The van der Waals surface area contributed by atoms with Crippen molar-refractivity contribution in [3.05, 3.63) is 12.7 Å². The number of fused-ring (bicyclic) bond motifs is 1. The summed E-state index contributed by atoms with van der Waals surface area (Å²) in [5.74, 6) is -2.51. The molecule has 3 rings (SSSR count). The summed E-state index contributed by atoms with van der Waals surface area (Å²) in [4.78, 5) is 44.3. The van der Waals surface area contributed by atoms with Gasteiger partial charge in [0.15, 0.2) is 0 Å². The molecule has 8 heteroatoms. The predicted molar refractivity (Wildman–Crippen MR) is 128 cm³/mol. The molecule has 192 valence electrons. The van der Waals surface area contributed by atoms with Gasteiger partial charge in [0.05, 0.1) is 37.2 Å². The van der Waals surface area contributed by atoms with Crippen molar-refractivity contribution in [1.82, 2.24) is 9.80 Å². The zero-order chi connectivity index (χ0) is 25.6. The van der Waals surface area contributed by atoms with Crippen molar-refractivity contribution in [2.24, 2.45) is 17.3 Å². The van der Waals surface area contributed by atoms with Crippen molar-refractivity contribution in [3.63, 3.8) is 0 Å². The van der Waals surface area contributed by atoms with E-state index >= 15 is 0 Å². The second kappa shape index (κ2) is 9.26. The Labute approximate surface area is 203 Å². The third kappa shape index (κ3) is 4.28. The number of aliphatic hydroxyl groups excluding tert-OH is 1. The molecular formula is C26H42N2O6. The molecule has 3 heterocycles. The lowest BCUT2D eigenvalue weighted by molar-refractivity contribution is -0.157. The number of amides is 2. The fourth-order valence-corrected chi connectivity index (χ4v) is 6.74. The number of hydrogen-bond donors (Lipinski definition) is 1. The van der Waals surface area contributed by atoms with E-state index in [1.54, 1.807) is 24.8 Å². The van der Waals surface area contributed by atoms with Crippen LogP contribution in [0.4, 0.5) is 0 Å². The molecule has 3 aliphatic rings. The van der Waals surface area contributed by atoms with Crippen LogP contribution in [0.2, 0.25) is 0 Å². The minimum absolute atomic E-state index is 0.0368. The highest BCUT2D eigenvalue weighted by Crippen LogP contribution is 2.59. The quantitative estimate of drug-likeness (QED) is 0.404. The van der Waals surface area contributed by atoms with Crippen LogP contribution in [0.3, 0.4) is 0 Å². The van der Waals surface area contributed by atoms with Crippen LogP contribution in [0, 0.1) is 17.3 Å². The second-order valence-electron chi connectivity index (χ2n) is 11.9. The minimum Gasteiger partial charge on any atom is -0.466 e. The Morgan fingerprint density at radius 1 is 1.35 bits per heavy atom. The van der Waals surface area contributed by atoms with Gasteiger partial charge < -0.3 is 24.4 Å². The molecule has 3 fully saturated rings. The van der Waals surface area contributed by atoms with Gasteiger partial charge in [0, 0.05) is 12.1 Å². The van der Waals surface area contributed by atoms with Gasteiger partial charge in [0.1, 0.15) is 11.6 Å². The fraction of sp³-hybridized carbons (Fsp3) is 0.808. The maximum Gasteiger partial charge on any atom is 0.312 e. The number of nitrogens with zero attached hydrogens (tertiary/aromatic N) is 2. The van der Waals surface area contributed by atoms with E-state index < -0.39 is 47.1 Å². The standard InChI is InChI=1S/C26H42N2O6/c1-9-13-27(25(7,8)15-24(4,5)6)22(31)20-26-12-11-17(34-26)18(23(32)33-10-2)19(26)21(30)28(20)16(3)14-29/h9,16-20,29H,1,10-15H2,2-8H3/t16-,17+,18-,19+,20?,26?/m1/s1. The third-order valence-corrected chi connectivity index (χ3v) is 7.54. The largest absolute Gasteiger partial charge is 0.466 e. The number of carbonyl (C=O) groups excluding carboxylic acids is 3. The lowest BCUT2D eigenvalue weighted by Crippen LogP contribution is -2.62. The SMILES string of the molecule is C=CCN(C(=O)C1N([C@H](C)CO)C(=O)[C@@H]2[C@H](C(=O)OCC)[C@@H]3CCC12O3)C(C)(C)CC(C)(C)C. The summed E-state index contributed by atoms with van der Waals surface area (Å²) in [6.45, 7) is 18.0. The monoisotopic (exact) mass is 478 g/mol. The molecule has 0 aromatic heterocycles. The Bertz CT molecular complexity index is 834. The smallest absolute Gasteiger partial charge is 0.312 e. The highest BCUT2D eigenvalue weighted by molar-refractivity contribution is 5.98. The normalized spacial score (nSPS) is 31.4. The molecule has 2 bridgehead atoms. The fourth-order valence-electron chi connectivity index (χ4n) is 6.74. The second-order valence-corrected chi connectivity index (χ2v) is 11.9. The van der Waals surface area contributed by atoms with E-state index in [2.05, 4.69) is 27.4 Å². The molecule has 3 aliphatic heterocycles. The van der Waals surface area contributed by atoms with Crippen LogP contribution in [0.1, 0.15) is 67.7 Å². The zero-order valence-corrected chi connectivity index (χ0v) is 21.8. The maximum absolute atomic E-state index is 14.4. The summed E-state index contributed by atoms with van der Waals surface area (Å²) in [6.07, 6.45) is 3.09. The van der Waals surface area contributed by atoms with Crippen molar-refractivity contribution in [2.45, 2.75) is 97.1 Å². The van der Waals surface area contributed by atoms with Gasteiger partial charge in [-0.25, -0.2) is 0 Å². The molecule has 1 N–H and O–H groups in total. The van der Waals surface area contributed by atoms with Crippen molar-refractivity contribution in [1.29, 1.82) is 0 Å². The summed E-state index contributed by atoms with van der Waals surface area (Å²) in [5.41, 5.74) is -1.66. The van der Waals surface area contributed by atoms with Gasteiger partial charge in [0.25, 0.3) is 0 Å². The first kappa shape index (κ1) is 26.7.